The molecule has 5 nitrogen and oxygen atoms in total. The molecule has 0 aromatic heterocycles. The van der Waals surface area contributed by atoms with Gasteiger partial charge in [-0.05, 0) is 69.8 Å². The summed E-state index contributed by atoms with van der Waals surface area (Å²) in [6.07, 6.45) is 5.66. The van der Waals surface area contributed by atoms with Gasteiger partial charge in [-0.25, -0.2) is 0 Å². The number of hydrogen-bond donors (Lipinski definition) is 1. The first-order chi connectivity index (χ1) is 15.9. The molecule has 0 radical (unpaired) electrons. The number of nitrogens with one attached hydrogen (secondary N) is 1. The van der Waals surface area contributed by atoms with Crippen LogP contribution in [0.15, 0.2) is 65.2 Å². The summed E-state index contributed by atoms with van der Waals surface area (Å²) in [6, 6.07) is 13.7. The average molecular weight is 526 g/mol. The standard InChI is InChI=1S/C26H22BrClN2O3/c27-19-9-6-14(11-20(19)28)29-24(31)21(10-13-4-2-1-3-5-13)30-25(32)22-15-7-8-16(18-12-17(15)18)23(22)26(30)33/h1-9,11,15-18,21-23H,10,12H2,(H,29,31)/t15-,16-,17-,18-,21-,22+,23+/m0/s1. The normalized spacial score (nSPS) is 31.9. The molecule has 3 amide bonds. The predicted octanol–water partition coefficient (Wildman–Crippen LogP) is 4.71. The van der Waals surface area contributed by atoms with Crippen LogP contribution in [0.5, 0.6) is 0 Å². The highest BCUT2D eigenvalue weighted by atomic mass is 79.9. The second-order valence-electron chi connectivity index (χ2n) is 9.52. The maximum Gasteiger partial charge on any atom is 0.248 e. The average Bonchev–Trinajstić information content (AvgIpc) is 3.59. The number of imide groups is 1. The van der Waals surface area contributed by atoms with E-state index in [0.29, 0.717) is 22.5 Å². The molecule has 0 spiro atoms. The van der Waals surface area contributed by atoms with E-state index in [0.717, 1.165) is 16.5 Å². The van der Waals surface area contributed by atoms with E-state index in [9.17, 15) is 14.4 Å². The molecule has 1 saturated heterocycles. The lowest BCUT2D eigenvalue weighted by Gasteiger charge is -2.37. The van der Waals surface area contributed by atoms with Crippen LogP contribution in [0.1, 0.15) is 12.0 Å². The number of likely N-dealkylation sites (tertiary alicyclic amines) is 1. The summed E-state index contributed by atoms with van der Waals surface area (Å²) in [5.74, 6) is -0.154. The van der Waals surface area contributed by atoms with Gasteiger partial charge in [0, 0.05) is 16.6 Å². The van der Waals surface area contributed by atoms with Crippen molar-refractivity contribution in [3.8, 4) is 0 Å². The smallest absolute Gasteiger partial charge is 0.248 e. The zero-order valence-corrected chi connectivity index (χ0v) is 20.0. The molecule has 2 aromatic carbocycles. The van der Waals surface area contributed by atoms with Gasteiger partial charge in [-0.2, -0.15) is 0 Å². The van der Waals surface area contributed by atoms with Gasteiger partial charge < -0.3 is 5.32 Å². The fraction of sp³-hybridized carbons (Fsp3) is 0.346. The van der Waals surface area contributed by atoms with Crippen LogP contribution in [0.25, 0.3) is 0 Å². The molecule has 2 saturated carbocycles. The van der Waals surface area contributed by atoms with Gasteiger partial charge >= 0.3 is 0 Å². The van der Waals surface area contributed by atoms with Gasteiger partial charge in [0.1, 0.15) is 6.04 Å². The van der Waals surface area contributed by atoms with Crippen molar-refractivity contribution in [3.63, 3.8) is 0 Å². The Kier molecular flexibility index (Phi) is 5.00. The monoisotopic (exact) mass is 524 g/mol. The number of carbonyl (C=O) groups excluding carboxylic acids is 3. The topological polar surface area (TPSA) is 66.5 Å². The summed E-state index contributed by atoms with van der Waals surface area (Å²) < 4.78 is 0.721. The first kappa shape index (κ1) is 21.1. The second-order valence-corrected chi connectivity index (χ2v) is 10.8. The van der Waals surface area contributed by atoms with E-state index in [1.807, 2.05) is 30.3 Å². The van der Waals surface area contributed by atoms with Crippen molar-refractivity contribution in [2.24, 2.45) is 35.5 Å². The van der Waals surface area contributed by atoms with Crippen LogP contribution in [-0.4, -0.2) is 28.7 Å². The summed E-state index contributed by atoms with van der Waals surface area (Å²) in [6.45, 7) is 0. The van der Waals surface area contributed by atoms with Crippen LogP contribution >= 0.6 is 27.5 Å². The molecule has 7 rings (SSSR count). The highest BCUT2D eigenvalue weighted by Crippen LogP contribution is 2.65. The van der Waals surface area contributed by atoms with Crippen molar-refractivity contribution in [3.05, 3.63) is 75.7 Å². The van der Waals surface area contributed by atoms with Crippen molar-refractivity contribution in [1.29, 1.82) is 0 Å². The molecule has 3 fully saturated rings. The Morgan fingerprint density at radius 3 is 2.27 bits per heavy atom. The van der Waals surface area contributed by atoms with E-state index >= 15 is 0 Å². The van der Waals surface area contributed by atoms with Gasteiger partial charge in [0.05, 0.1) is 16.9 Å². The Labute approximate surface area is 205 Å². The molecule has 168 valence electrons. The molecule has 0 unspecified atom stereocenters. The van der Waals surface area contributed by atoms with Crippen molar-refractivity contribution in [2.75, 3.05) is 5.32 Å². The van der Waals surface area contributed by atoms with E-state index in [-0.39, 0.29) is 47.8 Å². The van der Waals surface area contributed by atoms with E-state index in [1.165, 1.54) is 4.90 Å². The zero-order valence-electron chi connectivity index (χ0n) is 17.7. The quantitative estimate of drug-likeness (QED) is 0.454. The summed E-state index contributed by atoms with van der Waals surface area (Å²) in [7, 11) is 0. The molecule has 7 heteroatoms. The highest BCUT2D eigenvalue weighted by Gasteiger charge is 2.67. The number of amides is 3. The Bertz CT molecular complexity index is 1160. The molecule has 1 heterocycles. The Hall–Kier alpha value is -2.44. The van der Waals surface area contributed by atoms with Crippen LogP contribution in [-0.2, 0) is 20.8 Å². The number of allylic oxidation sites excluding steroid dienone is 2. The van der Waals surface area contributed by atoms with E-state index < -0.39 is 6.04 Å². The number of hydrogen-bond acceptors (Lipinski definition) is 3. The molecular weight excluding hydrogens is 504 g/mol. The fourth-order valence-electron chi connectivity index (χ4n) is 6.23. The SMILES string of the molecule is O=C(Nc1ccc(Br)c(Cl)c1)[C@H](Cc1ccccc1)N1C(=O)[C@@H]2[C@H]3C=C[C@@H]([C@@H]4C[C@@H]34)[C@H]2C1=O. The van der Waals surface area contributed by atoms with Gasteiger partial charge in [-0.3, -0.25) is 19.3 Å². The molecule has 5 aliphatic rings. The molecular formula is C26H22BrClN2O3. The number of carbonyl (C=O) groups is 3. The van der Waals surface area contributed by atoms with Gasteiger partial charge in [0.25, 0.3) is 0 Å². The lowest BCUT2D eigenvalue weighted by atomic mass is 9.63. The Balaban J connectivity index is 1.33. The third kappa shape index (κ3) is 3.38. The molecule has 7 atom stereocenters. The van der Waals surface area contributed by atoms with Crippen LogP contribution in [0.2, 0.25) is 5.02 Å². The molecule has 1 aliphatic heterocycles. The number of rotatable bonds is 5. The van der Waals surface area contributed by atoms with Crippen LogP contribution in [0.3, 0.4) is 0 Å². The van der Waals surface area contributed by atoms with E-state index in [1.54, 1.807) is 18.2 Å². The summed E-state index contributed by atoms with van der Waals surface area (Å²) in [5, 5.41) is 3.35. The van der Waals surface area contributed by atoms with Crippen LogP contribution in [0, 0.1) is 35.5 Å². The number of nitrogens with zero attached hydrogens (tertiary/aromatic N) is 1. The van der Waals surface area contributed by atoms with Crippen molar-refractivity contribution < 1.29 is 14.4 Å². The lowest BCUT2D eigenvalue weighted by molar-refractivity contribution is -0.146. The van der Waals surface area contributed by atoms with Gasteiger partial charge in [-0.15, -0.1) is 0 Å². The largest absolute Gasteiger partial charge is 0.324 e. The van der Waals surface area contributed by atoms with Crippen molar-refractivity contribution in [1.82, 2.24) is 4.90 Å². The van der Waals surface area contributed by atoms with Gasteiger partial charge in [0.2, 0.25) is 17.7 Å². The van der Waals surface area contributed by atoms with Crippen molar-refractivity contribution >= 4 is 50.9 Å². The predicted molar refractivity (Wildman–Crippen MR) is 128 cm³/mol. The molecule has 1 N–H and O–H groups in total. The minimum Gasteiger partial charge on any atom is -0.324 e. The number of anilines is 1. The second kappa shape index (κ2) is 7.81. The fourth-order valence-corrected chi connectivity index (χ4v) is 6.65. The number of halogens is 2. The van der Waals surface area contributed by atoms with E-state index in [2.05, 4.69) is 33.4 Å². The zero-order chi connectivity index (χ0) is 22.9. The molecule has 4 aliphatic carbocycles. The summed E-state index contributed by atoms with van der Waals surface area (Å²) in [5.41, 5.74) is 1.41. The molecule has 33 heavy (non-hydrogen) atoms. The maximum atomic E-state index is 13.7. The highest BCUT2D eigenvalue weighted by molar-refractivity contribution is 9.10. The molecule has 2 bridgehead atoms. The third-order valence-electron chi connectivity index (χ3n) is 7.77. The third-order valence-corrected chi connectivity index (χ3v) is 9.00. The van der Waals surface area contributed by atoms with E-state index in [4.69, 9.17) is 11.6 Å². The first-order valence-electron chi connectivity index (χ1n) is 11.3. The van der Waals surface area contributed by atoms with Crippen LogP contribution < -0.4 is 5.32 Å². The summed E-state index contributed by atoms with van der Waals surface area (Å²) in [4.78, 5) is 42.1. The maximum absolute atomic E-state index is 13.7. The summed E-state index contributed by atoms with van der Waals surface area (Å²) >= 11 is 9.55. The van der Waals surface area contributed by atoms with Crippen LogP contribution in [0.4, 0.5) is 5.69 Å². The first-order valence-corrected chi connectivity index (χ1v) is 12.5. The van der Waals surface area contributed by atoms with Gasteiger partial charge in [0.15, 0.2) is 0 Å². The van der Waals surface area contributed by atoms with Gasteiger partial charge in [-0.1, -0.05) is 54.1 Å². The lowest BCUT2D eigenvalue weighted by Crippen LogP contribution is -2.49. The molecule has 2 aromatic rings. The Morgan fingerprint density at radius 2 is 1.67 bits per heavy atom. The Morgan fingerprint density at radius 1 is 1.03 bits per heavy atom. The van der Waals surface area contributed by atoms with Crippen molar-refractivity contribution in [2.45, 2.75) is 18.9 Å². The minimum absolute atomic E-state index is 0.122. The minimum atomic E-state index is -0.920. The number of benzene rings is 2.